The molecule has 1 fully saturated rings. The van der Waals surface area contributed by atoms with Gasteiger partial charge in [0, 0.05) is 6.61 Å². The van der Waals surface area contributed by atoms with Crippen LogP contribution in [0, 0.1) is 0 Å². The summed E-state index contributed by atoms with van der Waals surface area (Å²) in [6, 6.07) is -1.68. The lowest BCUT2D eigenvalue weighted by atomic mass is 10.1. The first kappa shape index (κ1) is 11.8. The van der Waals surface area contributed by atoms with E-state index in [0.717, 1.165) is 19.4 Å². The molecule has 0 saturated carbocycles. The number of hydrogen-bond donors (Lipinski definition) is 1. The molecule has 14 heavy (non-hydrogen) atoms. The number of halogens is 3. The van der Waals surface area contributed by atoms with Gasteiger partial charge < -0.3 is 10.5 Å². The summed E-state index contributed by atoms with van der Waals surface area (Å²) in [5.74, 6) is 0. The van der Waals surface area contributed by atoms with Crippen LogP contribution in [0.5, 0.6) is 0 Å². The van der Waals surface area contributed by atoms with Crippen LogP contribution >= 0.6 is 0 Å². The fourth-order valence-corrected chi connectivity index (χ4v) is 1.60. The molecule has 0 aromatic carbocycles. The maximum absolute atomic E-state index is 12.0. The van der Waals surface area contributed by atoms with E-state index in [0.29, 0.717) is 12.8 Å². The zero-order valence-corrected chi connectivity index (χ0v) is 8.02. The van der Waals surface area contributed by atoms with Gasteiger partial charge in [-0.3, -0.25) is 0 Å². The van der Waals surface area contributed by atoms with Crippen LogP contribution in [0.2, 0.25) is 0 Å². The van der Waals surface area contributed by atoms with Crippen LogP contribution in [-0.4, -0.2) is 24.9 Å². The Hall–Kier alpha value is -0.290. The van der Waals surface area contributed by atoms with Crippen molar-refractivity contribution in [2.45, 2.75) is 50.4 Å². The zero-order valence-electron chi connectivity index (χ0n) is 8.02. The van der Waals surface area contributed by atoms with Crippen molar-refractivity contribution in [3.05, 3.63) is 0 Å². The average Bonchev–Trinajstić information content (AvgIpc) is 2.55. The highest BCUT2D eigenvalue weighted by molar-refractivity contribution is 4.72. The lowest BCUT2D eigenvalue weighted by molar-refractivity contribution is -0.149. The Morgan fingerprint density at radius 3 is 2.64 bits per heavy atom. The first-order valence-electron chi connectivity index (χ1n) is 4.94. The van der Waals surface area contributed by atoms with Crippen LogP contribution in [0.25, 0.3) is 0 Å². The molecule has 1 heterocycles. The lowest BCUT2D eigenvalue weighted by Crippen LogP contribution is -2.37. The molecule has 2 atom stereocenters. The summed E-state index contributed by atoms with van der Waals surface area (Å²) in [6.07, 6.45) is -0.901. The van der Waals surface area contributed by atoms with Gasteiger partial charge >= 0.3 is 6.18 Å². The van der Waals surface area contributed by atoms with Crippen molar-refractivity contribution in [3.8, 4) is 0 Å². The third kappa shape index (κ3) is 3.84. The summed E-state index contributed by atoms with van der Waals surface area (Å²) in [5, 5.41) is 0. The minimum Gasteiger partial charge on any atom is -0.378 e. The van der Waals surface area contributed by atoms with Crippen LogP contribution in [0.4, 0.5) is 13.2 Å². The Kier molecular flexibility index (Phi) is 4.19. The van der Waals surface area contributed by atoms with E-state index in [-0.39, 0.29) is 12.5 Å². The normalized spacial score (nSPS) is 25.3. The van der Waals surface area contributed by atoms with Crippen molar-refractivity contribution in [2.75, 3.05) is 6.61 Å². The van der Waals surface area contributed by atoms with Crippen LogP contribution in [-0.2, 0) is 4.74 Å². The standard InChI is InChI=1S/C9H16F3NO/c10-9(11,12)8(13)5-1-3-7-4-2-6-14-7/h7-8H,1-6,13H2. The van der Waals surface area contributed by atoms with Crippen LogP contribution in [0.1, 0.15) is 32.1 Å². The monoisotopic (exact) mass is 211 g/mol. The van der Waals surface area contributed by atoms with Gasteiger partial charge in [-0.15, -0.1) is 0 Å². The predicted octanol–water partition coefficient (Wildman–Crippen LogP) is 2.23. The predicted molar refractivity (Wildman–Crippen MR) is 46.9 cm³/mol. The van der Waals surface area contributed by atoms with Crippen molar-refractivity contribution in [2.24, 2.45) is 5.73 Å². The van der Waals surface area contributed by atoms with E-state index >= 15 is 0 Å². The van der Waals surface area contributed by atoms with Gasteiger partial charge in [-0.1, -0.05) is 0 Å². The second kappa shape index (κ2) is 4.98. The summed E-state index contributed by atoms with van der Waals surface area (Å²) in [4.78, 5) is 0. The van der Waals surface area contributed by atoms with E-state index in [1.165, 1.54) is 0 Å². The fourth-order valence-electron chi connectivity index (χ4n) is 1.60. The molecule has 1 aliphatic heterocycles. The highest BCUT2D eigenvalue weighted by atomic mass is 19.4. The molecule has 2 unspecified atom stereocenters. The molecule has 0 spiro atoms. The summed E-state index contributed by atoms with van der Waals surface area (Å²) in [6.45, 7) is 0.746. The number of ether oxygens (including phenoxy) is 1. The molecule has 2 nitrogen and oxygen atoms in total. The highest BCUT2D eigenvalue weighted by Crippen LogP contribution is 2.24. The van der Waals surface area contributed by atoms with Crippen molar-refractivity contribution in [3.63, 3.8) is 0 Å². The third-order valence-electron chi connectivity index (χ3n) is 2.49. The summed E-state index contributed by atoms with van der Waals surface area (Å²) in [5.41, 5.74) is 4.97. The molecule has 0 bridgehead atoms. The Morgan fingerprint density at radius 2 is 2.14 bits per heavy atom. The lowest BCUT2D eigenvalue weighted by Gasteiger charge is -2.16. The van der Waals surface area contributed by atoms with E-state index in [2.05, 4.69) is 0 Å². The largest absolute Gasteiger partial charge is 0.403 e. The Morgan fingerprint density at radius 1 is 1.43 bits per heavy atom. The number of hydrogen-bond acceptors (Lipinski definition) is 2. The fraction of sp³-hybridized carbons (Fsp3) is 1.00. The molecule has 0 aliphatic carbocycles. The molecule has 0 aromatic rings. The quantitative estimate of drug-likeness (QED) is 0.773. The van der Waals surface area contributed by atoms with Crippen molar-refractivity contribution >= 4 is 0 Å². The SMILES string of the molecule is NC(CCCC1CCCO1)C(F)(F)F. The second-order valence-electron chi connectivity index (χ2n) is 3.71. The maximum Gasteiger partial charge on any atom is 0.403 e. The summed E-state index contributed by atoms with van der Waals surface area (Å²) >= 11 is 0. The van der Waals surface area contributed by atoms with E-state index in [1.807, 2.05) is 0 Å². The van der Waals surface area contributed by atoms with Crippen LogP contribution in [0.15, 0.2) is 0 Å². The van der Waals surface area contributed by atoms with E-state index in [9.17, 15) is 13.2 Å². The van der Waals surface area contributed by atoms with Crippen LogP contribution < -0.4 is 5.73 Å². The van der Waals surface area contributed by atoms with E-state index < -0.39 is 12.2 Å². The van der Waals surface area contributed by atoms with Gasteiger partial charge in [0.25, 0.3) is 0 Å². The van der Waals surface area contributed by atoms with Gasteiger partial charge in [0.05, 0.1) is 6.10 Å². The van der Waals surface area contributed by atoms with Gasteiger partial charge in [-0.05, 0) is 32.1 Å². The number of rotatable bonds is 4. The van der Waals surface area contributed by atoms with Gasteiger partial charge in [0.2, 0.25) is 0 Å². The zero-order chi connectivity index (χ0) is 10.6. The number of nitrogens with two attached hydrogens (primary N) is 1. The topological polar surface area (TPSA) is 35.2 Å². The molecule has 84 valence electrons. The van der Waals surface area contributed by atoms with E-state index in [1.54, 1.807) is 0 Å². The van der Waals surface area contributed by atoms with Gasteiger partial charge in [-0.25, -0.2) is 0 Å². The molecule has 2 N–H and O–H groups in total. The van der Waals surface area contributed by atoms with E-state index in [4.69, 9.17) is 10.5 Å². The number of alkyl halides is 3. The first-order valence-corrected chi connectivity index (χ1v) is 4.94. The summed E-state index contributed by atoms with van der Waals surface area (Å²) < 4.78 is 41.3. The van der Waals surface area contributed by atoms with Gasteiger partial charge in [0.1, 0.15) is 6.04 Å². The smallest absolute Gasteiger partial charge is 0.378 e. The highest BCUT2D eigenvalue weighted by Gasteiger charge is 2.36. The van der Waals surface area contributed by atoms with Crippen molar-refractivity contribution in [1.29, 1.82) is 0 Å². The van der Waals surface area contributed by atoms with Gasteiger partial charge in [0.15, 0.2) is 0 Å². The second-order valence-corrected chi connectivity index (χ2v) is 3.71. The molecule has 1 rings (SSSR count). The molecular weight excluding hydrogens is 195 g/mol. The van der Waals surface area contributed by atoms with Crippen molar-refractivity contribution in [1.82, 2.24) is 0 Å². The molecule has 1 saturated heterocycles. The molecule has 0 aromatic heterocycles. The molecule has 0 amide bonds. The average molecular weight is 211 g/mol. The molecular formula is C9H16F3NO. The molecule has 5 heteroatoms. The van der Waals surface area contributed by atoms with Gasteiger partial charge in [-0.2, -0.15) is 13.2 Å². The Balaban J connectivity index is 2.08. The summed E-state index contributed by atoms with van der Waals surface area (Å²) in [7, 11) is 0. The maximum atomic E-state index is 12.0. The van der Waals surface area contributed by atoms with Crippen molar-refractivity contribution < 1.29 is 17.9 Å². The molecule has 1 aliphatic rings. The Bertz CT molecular complexity index is 166. The van der Waals surface area contributed by atoms with Crippen LogP contribution in [0.3, 0.4) is 0 Å². The Labute approximate surface area is 81.6 Å². The third-order valence-corrected chi connectivity index (χ3v) is 2.49. The minimum absolute atomic E-state index is 0.00333. The molecule has 0 radical (unpaired) electrons. The first-order chi connectivity index (χ1) is 6.50. The minimum atomic E-state index is -4.25.